The van der Waals surface area contributed by atoms with Crippen molar-refractivity contribution in [3.05, 3.63) is 97.0 Å². The summed E-state index contributed by atoms with van der Waals surface area (Å²) in [5.74, 6) is -1.45. The third-order valence-corrected chi connectivity index (χ3v) is 8.51. The first kappa shape index (κ1) is 33.0. The fourth-order valence-corrected chi connectivity index (χ4v) is 5.93. The van der Waals surface area contributed by atoms with E-state index in [1.165, 1.54) is 24.0 Å². The minimum absolute atomic E-state index is 0.223. The van der Waals surface area contributed by atoms with E-state index in [-0.39, 0.29) is 12.2 Å². The number of nitrogens with zero attached hydrogens (tertiary/aromatic N) is 4. The van der Waals surface area contributed by atoms with Crippen LogP contribution in [0, 0.1) is 11.6 Å². The molecule has 3 aromatic carbocycles. The SMILES string of the molecule is CCN(CC)CCCn1ccc2cc(-c3cc(Nc4ccc(NS(=O)(=O)c5ccc(F)cc5F)cc4)ncn3)ccc21.O=CO. The van der Waals surface area contributed by atoms with E-state index in [2.05, 4.69) is 73.8 Å². The Balaban J connectivity index is 0.00000148. The smallest absolute Gasteiger partial charge is 0.290 e. The number of benzene rings is 3. The molecule has 2 heterocycles. The molecule has 3 N–H and O–H groups in total. The largest absolute Gasteiger partial charge is 0.483 e. The topological polar surface area (TPSA) is 129 Å². The summed E-state index contributed by atoms with van der Waals surface area (Å²) in [5.41, 5.74) is 3.79. The number of aryl methyl sites for hydroxylation is 1. The predicted molar refractivity (Wildman–Crippen MR) is 171 cm³/mol. The molecule has 0 radical (unpaired) electrons. The van der Waals surface area contributed by atoms with Crippen LogP contribution in [0.4, 0.5) is 26.0 Å². The molecule has 2 aromatic heterocycles. The number of aromatic nitrogens is 3. The molecule has 0 atom stereocenters. The van der Waals surface area contributed by atoms with Gasteiger partial charge in [-0.2, -0.15) is 0 Å². The Morgan fingerprint density at radius 2 is 1.64 bits per heavy atom. The Hall–Kier alpha value is -4.88. The number of fused-ring (bicyclic) bond motifs is 1. The third-order valence-electron chi connectivity index (χ3n) is 7.09. The van der Waals surface area contributed by atoms with E-state index in [1.807, 2.05) is 6.07 Å². The maximum absolute atomic E-state index is 14.0. The van der Waals surface area contributed by atoms with Crippen LogP contribution in [0.15, 0.2) is 90.2 Å². The van der Waals surface area contributed by atoms with Crippen molar-refractivity contribution in [3.8, 4) is 11.3 Å². The lowest BCUT2D eigenvalue weighted by atomic mass is 10.1. The lowest BCUT2D eigenvalue weighted by molar-refractivity contribution is -0.122. The standard InChI is InChI=1S/C31H32F2N6O2S.CH2O2/c1-3-38(4-2)15-5-16-39-17-14-23-18-22(6-12-29(23)39)28-20-31(35-21-34-28)36-25-8-10-26(11-9-25)37-42(40,41)30-13-7-24(32)19-27(30)33;2-1-3/h6-14,17-21,37H,3-5,15-16H2,1-2H3,(H,34,35,36);1H,(H,2,3). The number of carboxylic acid groups (broad SMARTS) is 1. The van der Waals surface area contributed by atoms with Crippen molar-refractivity contribution < 1.29 is 27.1 Å². The maximum atomic E-state index is 14.0. The molecule has 236 valence electrons. The van der Waals surface area contributed by atoms with Gasteiger partial charge in [0.2, 0.25) is 0 Å². The molecule has 0 unspecified atom stereocenters. The van der Waals surface area contributed by atoms with Gasteiger partial charge in [-0.05, 0) is 80.7 Å². The van der Waals surface area contributed by atoms with Crippen LogP contribution in [-0.4, -0.2) is 59.1 Å². The number of rotatable bonds is 12. The molecule has 0 aliphatic heterocycles. The number of carbonyl (C=O) groups is 1. The summed E-state index contributed by atoms with van der Waals surface area (Å²) in [7, 11) is -4.23. The Morgan fingerprint density at radius 3 is 2.33 bits per heavy atom. The van der Waals surface area contributed by atoms with Crippen molar-refractivity contribution in [1.29, 1.82) is 0 Å². The van der Waals surface area contributed by atoms with Gasteiger partial charge < -0.3 is 19.9 Å². The van der Waals surface area contributed by atoms with E-state index in [4.69, 9.17) is 9.90 Å². The predicted octanol–water partition coefficient (Wildman–Crippen LogP) is 6.35. The van der Waals surface area contributed by atoms with Crippen LogP contribution in [0.1, 0.15) is 20.3 Å². The Bertz CT molecular complexity index is 1840. The van der Waals surface area contributed by atoms with Crippen LogP contribution in [-0.2, 0) is 21.4 Å². The molecular formula is C32H34F2N6O4S. The highest BCUT2D eigenvalue weighted by molar-refractivity contribution is 7.92. The van der Waals surface area contributed by atoms with Crippen LogP contribution in [0.2, 0.25) is 0 Å². The first-order valence-corrected chi connectivity index (χ1v) is 15.7. The summed E-state index contributed by atoms with van der Waals surface area (Å²) in [6.07, 6.45) is 4.71. The Morgan fingerprint density at radius 1 is 0.933 bits per heavy atom. The van der Waals surface area contributed by atoms with Gasteiger partial charge in [0.1, 0.15) is 28.7 Å². The highest BCUT2D eigenvalue weighted by Crippen LogP contribution is 2.27. The van der Waals surface area contributed by atoms with Gasteiger partial charge in [0, 0.05) is 52.7 Å². The first-order chi connectivity index (χ1) is 21.7. The zero-order chi connectivity index (χ0) is 32.4. The fraction of sp³-hybridized carbons (Fsp3) is 0.219. The molecule has 0 spiro atoms. The van der Waals surface area contributed by atoms with Crippen molar-refractivity contribution >= 4 is 44.6 Å². The number of anilines is 3. The van der Waals surface area contributed by atoms with E-state index in [1.54, 1.807) is 12.1 Å². The lowest BCUT2D eigenvalue weighted by Crippen LogP contribution is -2.24. The lowest BCUT2D eigenvalue weighted by Gasteiger charge is -2.18. The molecule has 45 heavy (non-hydrogen) atoms. The molecule has 5 rings (SSSR count). The number of halogens is 2. The zero-order valence-corrected chi connectivity index (χ0v) is 25.6. The zero-order valence-electron chi connectivity index (χ0n) is 24.8. The number of hydrogen-bond donors (Lipinski definition) is 3. The van der Waals surface area contributed by atoms with Crippen LogP contribution in [0.3, 0.4) is 0 Å². The van der Waals surface area contributed by atoms with E-state index in [9.17, 15) is 17.2 Å². The van der Waals surface area contributed by atoms with Gasteiger partial charge in [-0.3, -0.25) is 9.52 Å². The van der Waals surface area contributed by atoms with Crippen molar-refractivity contribution in [1.82, 2.24) is 19.4 Å². The second kappa shape index (κ2) is 15.2. The monoisotopic (exact) mass is 636 g/mol. The number of hydrogen-bond acceptors (Lipinski definition) is 7. The van der Waals surface area contributed by atoms with Crippen molar-refractivity contribution in [2.75, 3.05) is 29.7 Å². The van der Waals surface area contributed by atoms with Gasteiger partial charge in [0.15, 0.2) is 0 Å². The molecule has 0 aliphatic carbocycles. The summed E-state index contributed by atoms with van der Waals surface area (Å²) in [6.45, 7) is 8.30. The third kappa shape index (κ3) is 8.61. The highest BCUT2D eigenvalue weighted by atomic mass is 32.2. The van der Waals surface area contributed by atoms with Crippen molar-refractivity contribution in [3.63, 3.8) is 0 Å². The van der Waals surface area contributed by atoms with E-state index in [0.29, 0.717) is 17.6 Å². The molecular weight excluding hydrogens is 602 g/mol. The summed E-state index contributed by atoms with van der Waals surface area (Å²) >= 11 is 0. The molecule has 0 bridgehead atoms. The second-order valence-corrected chi connectivity index (χ2v) is 11.6. The first-order valence-electron chi connectivity index (χ1n) is 14.2. The van der Waals surface area contributed by atoms with Crippen molar-refractivity contribution in [2.45, 2.75) is 31.7 Å². The van der Waals surface area contributed by atoms with E-state index >= 15 is 0 Å². The van der Waals surface area contributed by atoms with Gasteiger partial charge >= 0.3 is 0 Å². The fourth-order valence-electron chi connectivity index (χ4n) is 4.82. The molecule has 0 amide bonds. The molecule has 0 saturated carbocycles. The summed E-state index contributed by atoms with van der Waals surface area (Å²) < 4.78 is 56.9. The van der Waals surface area contributed by atoms with Gasteiger partial charge in [0.25, 0.3) is 16.5 Å². The van der Waals surface area contributed by atoms with Gasteiger partial charge in [-0.1, -0.05) is 19.9 Å². The van der Waals surface area contributed by atoms with Crippen LogP contribution < -0.4 is 10.0 Å². The molecule has 13 heteroatoms. The van der Waals surface area contributed by atoms with Gasteiger partial charge in [0.05, 0.1) is 5.69 Å². The van der Waals surface area contributed by atoms with Crippen LogP contribution in [0.25, 0.3) is 22.2 Å². The normalized spacial score (nSPS) is 11.2. The van der Waals surface area contributed by atoms with E-state index < -0.39 is 26.6 Å². The van der Waals surface area contributed by atoms with E-state index in [0.717, 1.165) is 61.4 Å². The molecule has 0 fully saturated rings. The highest BCUT2D eigenvalue weighted by Gasteiger charge is 2.19. The Kier molecular flexibility index (Phi) is 11.2. The molecule has 10 nitrogen and oxygen atoms in total. The van der Waals surface area contributed by atoms with Gasteiger partial charge in [-0.15, -0.1) is 0 Å². The summed E-state index contributed by atoms with van der Waals surface area (Å²) in [4.78, 5) is 18.9. The van der Waals surface area contributed by atoms with Crippen LogP contribution in [0.5, 0.6) is 0 Å². The van der Waals surface area contributed by atoms with Crippen LogP contribution >= 0.6 is 0 Å². The minimum atomic E-state index is -4.23. The minimum Gasteiger partial charge on any atom is -0.483 e. The number of sulfonamides is 1. The number of nitrogens with one attached hydrogen (secondary N) is 2. The molecule has 5 aromatic rings. The maximum Gasteiger partial charge on any atom is 0.290 e. The quantitative estimate of drug-likeness (QED) is 0.135. The van der Waals surface area contributed by atoms with Gasteiger partial charge in [-0.25, -0.2) is 27.2 Å². The molecule has 0 aliphatic rings. The average Bonchev–Trinajstić information content (AvgIpc) is 3.42. The summed E-state index contributed by atoms with van der Waals surface area (Å²) in [6, 6.07) is 19.0. The average molecular weight is 637 g/mol. The Labute approximate surface area is 260 Å². The molecule has 0 saturated heterocycles. The summed E-state index contributed by atoms with van der Waals surface area (Å²) in [5, 5.41) is 11.2. The second-order valence-electron chi connectivity index (χ2n) is 9.94. The van der Waals surface area contributed by atoms with Crippen molar-refractivity contribution in [2.24, 2.45) is 0 Å².